The van der Waals surface area contributed by atoms with Crippen LogP contribution in [0.4, 0.5) is 0 Å². The molecule has 1 nitrogen and oxygen atoms in total. The zero-order valence-corrected chi connectivity index (χ0v) is 25.6. The summed E-state index contributed by atoms with van der Waals surface area (Å²) < 4.78 is 16.0. The molecule has 202 valence electrons. The molecule has 0 spiro atoms. The van der Waals surface area contributed by atoms with Crippen LogP contribution in [0.1, 0.15) is 31.7 Å². The molecule has 0 radical (unpaired) electrons. The third-order valence-electron chi connectivity index (χ3n) is 8.15. The van der Waals surface area contributed by atoms with Crippen LogP contribution in [0.15, 0.2) is 120 Å². The average molecular weight is 587 g/mol. The van der Waals surface area contributed by atoms with Crippen molar-refractivity contribution in [2.45, 2.75) is 32.6 Å². The molecular weight excluding hydrogens is 556 g/mol. The SMILES string of the molecule is CCCCCc1c(-c2cccs2)c(-c2cccs2)c(-c2ccccc2)c2c1P(=O)(c1ccccc1)c1ccccc1-2. The quantitative estimate of drug-likeness (QED) is 0.128. The molecule has 0 fully saturated rings. The van der Waals surface area contributed by atoms with Gasteiger partial charge in [0.05, 0.1) is 0 Å². The molecule has 3 heterocycles. The molecule has 4 heteroatoms. The topological polar surface area (TPSA) is 17.1 Å². The lowest BCUT2D eigenvalue weighted by Crippen LogP contribution is -2.24. The van der Waals surface area contributed by atoms with Crippen molar-refractivity contribution in [3.05, 3.63) is 126 Å². The van der Waals surface area contributed by atoms with Crippen LogP contribution in [0.25, 0.3) is 43.1 Å². The van der Waals surface area contributed by atoms with Gasteiger partial charge >= 0.3 is 0 Å². The summed E-state index contributed by atoms with van der Waals surface area (Å²) in [5.41, 5.74) is 8.45. The van der Waals surface area contributed by atoms with Crippen LogP contribution < -0.4 is 15.9 Å². The van der Waals surface area contributed by atoms with Gasteiger partial charge in [-0.1, -0.05) is 117 Å². The van der Waals surface area contributed by atoms with E-state index < -0.39 is 7.14 Å². The Balaban J connectivity index is 1.73. The minimum absolute atomic E-state index is 0.904. The molecule has 4 aromatic carbocycles. The first-order valence-corrected chi connectivity index (χ1v) is 17.8. The normalized spacial score (nSPS) is 15.5. The smallest absolute Gasteiger partial charge is 0.172 e. The van der Waals surface area contributed by atoms with Gasteiger partial charge in [0, 0.05) is 42.4 Å². The predicted octanol–water partition coefficient (Wildman–Crippen LogP) is 10.2. The molecule has 0 saturated heterocycles. The Morgan fingerprint density at radius 1 is 0.610 bits per heavy atom. The lowest BCUT2D eigenvalue weighted by atomic mass is 9.82. The molecule has 2 aromatic heterocycles. The Hall–Kier alpha value is -3.49. The van der Waals surface area contributed by atoms with Crippen molar-refractivity contribution >= 4 is 45.7 Å². The third kappa shape index (κ3) is 4.30. The van der Waals surface area contributed by atoms with Crippen molar-refractivity contribution < 1.29 is 4.57 Å². The number of benzene rings is 4. The van der Waals surface area contributed by atoms with E-state index >= 15 is 4.57 Å². The van der Waals surface area contributed by atoms with E-state index in [0.717, 1.165) is 52.7 Å². The summed E-state index contributed by atoms with van der Waals surface area (Å²) in [5.74, 6) is 0. The zero-order valence-electron chi connectivity index (χ0n) is 23.0. The maximum Gasteiger partial charge on any atom is 0.172 e. The van der Waals surface area contributed by atoms with Gasteiger partial charge in [-0.15, -0.1) is 22.7 Å². The molecule has 0 aliphatic carbocycles. The van der Waals surface area contributed by atoms with Crippen LogP contribution in [-0.2, 0) is 11.0 Å². The van der Waals surface area contributed by atoms with Crippen molar-refractivity contribution in [2.75, 3.05) is 0 Å². The highest BCUT2D eigenvalue weighted by Gasteiger charge is 2.45. The Morgan fingerprint density at radius 2 is 1.24 bits per heavy atom. The van der Waals surface area contributed by atoms with E-state index in [2.05, 4.69) is 109 Å². The van der Waals surface area contributed by atoms with Crippen molar-refractivity contribution in [3.8, 4) is 43.1 Å². The minimum Gasteiger partial charge on any atom is -0.309 e. The summed E-state index contributed by atoms with van der Waals surface area (Å²) in [7, 11) is -3.15. The van der Waals surface area contributed by atoms with Gasteiger partial charge in [-0.2, -0.15) is 0 Å². The molecule has 1 atom stereocenters. The van der Waals surface area contributed by atoms with E-state index in [9.17, 15) is 0 Å². The second-order valence-electron chi connectivity index (χ2n) is 10.6. The Labute approximate surface area is 250 Å². The Bertz CT molecular complexity index is 1850. The van der Waals surface area contributed by atoms with E-state index in [1.807, 2.05) is 18.2 Å². The fourth-order valence-corrected chi connectivity index (χ4v) is 11.4. The average Bonchev–Trinajstić information content (AvgIpc) is 3.80. The van der Waals surface area contributed by atoms with Crippen LogP contribution in [-0.4, -0.2) is 0 Å². The van der Waals surface area contributed by atoms with Crippen LogP contribution >= 0.6 is 29.8 Å². The van der Waals surface area contributed by atoms with Gasteiger partial charge in [0.2, 0.25) is 0 Å². The summed E-state index contributed by atoms with van der Waals surface area (Å²) in [4.78, 5) is 2.50. The molecule has 6 aromatic rings. The molecule has 0 bridgehead atoms. The predicted molar refractivity (Wildman–Crippen MR) is 180 cm³/mol. The van der Waals surface area contributed by atoms with E-state index in [1.54, 1.807) is 22.7 Å². The first-order chi connectivity index (χ1) is 20.2. The molecule has 0 amide bonds. The maximum absolute atomic E-state index is 16.0. The van der Waals surface area contributed by atoms with Crippen LogP contribution in [0.3, 0.4) is 0 Å². The fraction of sp³-hybridized carbons (Fsp3) is 0.135. The highest BCUT2D eigenvalue weighted by Crippen LogP contribution is 2.60. The number of unbranched alkanes of at least 4 members (excludes halogenated alkanes) is 2. The summed E-state index contributed by atoms with van der Waals surface area (Å²) in [6.45, 7) is 2.25. The molecular formula is C37H31OPS2. The highest BCUT2D eigenvalue weighted by molar-refractivity contribution is 7.86. The van der Waals surface area contributed by atoms with Crippen molar-refractivity contribution in [1.29, 1.82) is 0 Å². The third-order valence-corrected chi connectivity index (χ3v) is 13.1. The van der Waals surface area contributed by atoms with Gasteiger partial charge in [-0.25, -0.2) is 0 Å². The summed E-state index contributed by atoms with van der Waals surface area (Å²) >= 11 is 3.58. The van der Waals surface area contributed by atoms with Crippen LogP contribution in [0.2, 0.25) is 0 Å². The molecule has 7 rings (SSSR count). The van der Waals surface area contributed by atoms with E-state index in [4.69, 9.17) is 0 Å². The maximum atomic E-state index is 16.0. The van der Waals surface area contributed by atoms with Crippen molar-refractivity contribution in [2.24, 2.45) is 0 Å². The van der Waals surface area contributed by atoms with E-state index in [0.29, 0.717) is 0 Å². The molecule has 1 aliphatic heterocycles. The Kier molecular flexibility index (Phi) is 7.13. The van der Waals surface area contributed by atoms with Crippen LogP contribution in [0, 0.1) is 0 Å². The second-order valence-corrected chi connectivity index (χ2v) is 15.1. The molecule has 1 aliphatic rings. The van der Waals surface area contributed by atoms with Crippen LogP contribution in [0.5, 0.6) is 0 Å². The monoisotopic (exact) mass is 586 g/mol. The number of rotatable bonds is 8. The van der Waals surface area contributed by atoms with Gasteiger partial charge in [0.25, 0.3) is 0 Å². The number of fused-ring (bicyclic) bond motifs is 3. The molecule has 1 unspecified atom stereocenters. The molecule has 0 saturated carbocycles. The van der Waals surface area contributed by atoms with Crippen molar-refractivity contribution in [3.63, 3.8) is 0 Å². The lowest BCUT2D eigenvalue weighted by molar-refractivity contribution is 0.592. The first kappa shape index (κ1) is 26.4. The number of hydrogen-bond acceptors (Lipinski definition) is 3. The number of thiophene rings is 2. The van der Waals surface area contributed by atoms with E-state index in [-0.39, 0.29) is 0 Å². The summed E-state index contributed by atoms with van der Waals surface area (Å²) in [5, 5.41) is 7.29. The van der Waals surface area contributed by atoms with Gasteiger partial charge in [-0.05, 0) is 58.0 Å². The Morgan fingerprint density at radius 3 is 1.90 bits per heavy atom. The standard InChI is InChI=1S/C37H31OPS2/c1-2-3-6-20-29-34(31-22-13-24-40-31)36(32-23-14-25-41-32)33(26-15-7-4-8-16-26)35-28-19-11-12-21-30(28)39(38,37(29)35)27-17-9-5-10-18-27/h4-5,7-19,21-25H,2-3,6,20H2,1H3. The second kappa shape index (κ2) is 11.1. The van der Waals surface area contributed by atoms with E-state index in [1.165, 1.54) is 37.6 Å². The number of hydrogen-bond donors (Lipinski definition) is 0. The first-order valence-electron chi connectivity index (χ1n) is 14.4. The highest BCUT2D eigenvalue weighted by atomic mass is 32.1. The summed E-state index contributed by atoms with van der Waals surface area (Å²) in [6, 6.07) is 38.3. The molecule has 41 heavy (non-hydrogen) atoms. The lowest BCUT2D eigenvalue weighted by Gasteiger charge is -2.26. The summed E-state index contributed by atoms with van der Waals surface area (Å²) in [6.07, 6.45) is 4.27. The van der Waals surface area contributed by atoms with Gasteiger partial charge in [0.1, 0.15) is 0 Å². The van der Waals surface area contributed by atoms with Gasteiger partial charge in [0.15, 0.2) is 7.14 Å². The zero-order chi connectivity index (χ0) is 27.8. The largest absolute Gasteiger partial charge is 0.309 e. The molecule has 0 N–H and O–H groups in total. The van der Waals surface area contributed by atoms with Crippen molar-refractivity contribution in [1.82, 2.24) is 0 Å². The minimum atomic E-state index is -3.15. The fourth-order valence-electron chi connectivity index (χ4n) is 6.43. The van der Waals surface area contributed by atoms with Gasteiger partial charge in [-0.3, -0.25) is 0 Å². The van der Waals surface area contributed by atoms with Gasteiger partial charge < -0.3 is 4.57 Å².